The van der Waals surface area contributed by atoms with E-state index in [1.807, 2.05) is 6.92 Å². The van der Waals surface area contributed by atoms with Crippen molar-refractivity contribution in [2.75, 3.05) is 19.7 Å². The zero-order valence-corrected chi connectivity index (χ0v) is 18.3. The van der Waals surface area contributed by atoms with Gasteiger partial charge in [0.2, 0.25) is 5.91 Å². The summed E-state index contributed by atoms with van der Waals surface area (Å²) in [4.78, 5) is 47.1. The number of aromatic nitrogens is 2. The highest BCUT2D eigenvalue weighted by Crippen LogP contribution is 2.18. The summed E-state index contributed by atoms with van der Waals surface area (Å²) in [7, 11) is 0. The molecule has 32 heavy (non-hydrogen) atoms. The fourth-order valence-corrected chi connectivity index (χ4v) is 2.91. The van der Waals surface area contributed by atoms with Gasteiger partial charge in [0.15, 0.2) is 0 Å². The van der Waals surface area contributed by atoms with E-state index in [0.29, 0.717) is 6.54 Å². The summed E-state index contributed by atoms with van der Waals surface area (Å²) in [5.74, 6) is -2.13. The number of aryl methyl sites for hydroxylation is 2. The van der Waals surface area contributed by atoms with Gasteiger partial charge in [-0.1, -0.05) is 6.92 Å². The maximum Gasteiger partial charge on any atom is 0.338 e. The highest BCUT2D eigenvalue weighted by molar-refractivity contribution is 5.99. The van der Waals surface area contributed by atoms with E-state index in [1.54, 1.807) is 20.0 Å². The number of nitrogens with one attached hydrogen (secondary N) is 3. The van der Waals surface area contributed by atoms with E-state index < -0.39 is 28.4 Å². The number of ether oxygens (including phenoxy) is 1. The number of esters is 1. The van der Waals surface area contributed by atoms with Crippen LogP contribution in [0, 0.1) is 23.0 Å². The minimum atomic E-state index is -0.761. The number of nitrogens with zero attached hydrogens (tertiary/aromatic N) is 2. The first-order valence-corrected chi connectivity index (χ1v) is 10.2. The van der Waals surface area contributed by atoms with Gasteiger partial charge in [-0.15, -0.1) is 0 Å². The number of rotatable bonds is 11. The minimum absolute atomic E-state index is 0.0307. The third-order valence-corrected chi connectivity index (χ3v) is 4.77. The van der Waals surface area contributed by atoms with Crippen molar-refractivity contribution in [3.63, 3.8) is 0 Å². The summed E-state index contributed by atoms with van der Waals surface area (Å²) in [6.07, 6.45) is 3.29. The lowest BCUT2D eigenvalue weighted by molar-refractivity contribution is -0.384. The highest BCUT2D eigenvalue weighted by Gasteiger charge is 2.20. The first-order chi connectivity index (χ1) is 15.2. The molecule has 0 radical (unpaired) electrons. The third kappa shape index (κ3) is 6.89. The number of amides is 2. The maximum atomic E-state index is 12.5. The molecule has 0 spiro atoms. The van der Waals surface area contributed by atoms with E-state index in [0.717, 1.165) is 36.2 Å². The molecule has 1 aromatic heterocycles. The number of benzene rings is 1. The van der Waals surface area contributed by atoms with E-state index in [-0.39, 0.29) is 30.2 Å². The molecule has 0 fully saturated rings. The van der Waals surface area contributed by atoms with Crippen LogP contribution in [0.25, 0.3) is 0 Å². The van der Waals surface area contributed by atoms with Gasteiger partial charge in [-0.05, 0) is 38.3 Å². The number of H-pyrrole nitrogens is 1. The minimum Gasteiger partial charge on any atom is -0.462 e. The average molecular weight is 445 g/mol. The van der Waals surface area contributed by atoms with Crippen molar-refractivity contribution in [2.45, 2.75) is 33.6 Å². The number of carbonyl (C=O) groups is 3. The molecule has 11 nitrogen and oxygen atoms in total. The van der Waals surface area contributed by atoms with Crippen molar-refractivity contribution in [1.29, 1.82) is 0 Å². The Bertz CT molecular complexity index is 987. The summed E-state index contributed by atoms with van der Waals surface area (Å²) >= 11 is 0. The molecule has 0 unspecified atom stereocenters. The SMILES string of the molecule is CCOC(=O)c1cc(C(=O)NC[C@H](C)C(=O)NCCCc2cn[nH]c2C)cc([N+](=O)[O-])c1. The molecule has 0 saturated heterocycles. The van der Waals surface area contributed by atoms with Crippen molar-refractivity contribution in [3.05, 3.63) is 56.9 Å². The number of carbonyl (C=O) groups excluding carboxylic acids is 3. The second kappa shape index (κ2) is 11.6. The van der Waals surface area contributed by atoms with E-state index in [2.05, 4.69) is 20.8 Å². The van der Waals surface area contributed by atoms with E-state index >= 15 is 0 Å². The molecule has 1 atom stereocenters. The molecule has 11 heteroatoms. The van der Waals surface area contributed by atoms with Gasteiger partial charge in [-0.25, -0.2) is 4.79 Å². The largest absolute Gasteiger partial charge is 0.462 e. The molecule has 2 rings (SSSR count). The maximum absolute atomic E-state index is 12.5. The van der Waals surface area contributed by atoms with Crippen LogP contribution < -0.4 is 10.6 Å². The van der Waals surface area contributed by atoms with Crippen LogP contribution >= 0.6 is 0 Å². The molecule has 3 N–H and O–H groups in total. The van der Waals surface area contributed by atoms with Crippen LogP contribution in [0.2, 0.25) is 0 Å². The van der Waals surface area contributed by atoms with Gasteiger partial charge in [0, 0.05) is 36.5 Å². The van der Waals surface area contributed by atoms with Crippen LogP contribution in [0.4, 0.5) is 5.69 Å². The Morgan fingerprint density at radius 3 is 2.56 bits per heavy atom. The summed E-state index contributed by atoms with van der Waals surface area (Å²) < 4.78 is 4.85. The first kappa shape index (κ1) is 24.5. The zero-order valence-electron chi connectivity index (χ0n) is 18.3. The molecule has 0 aliphatic rings. The lowest BCUT2D eigenvalue weighted by Crippen LogP contribution is -2.38. The predicted octanol–water partition coefficient (Wildman–Crippen LogP) is 1.92. The standard InChI is InChI=1S/C21H27N5O6/c1-4-32-21(29)17-8-16(9-18(10-17)26(30)31)20(28)23-11-13(2)19(27)22-7-5-6-15-12-24-25-14(15)3/h8-10,12-13H,4-7,11H2,1-3H3,(H,22,27)(H,23,28)(H,24,25)/t13-/m0/s1. The van der Waals surface area contributed by atoms with Crippen molar-refractivity contribution < 1.29 is 24.0 Å². The van der Waals surface area contributed by atoms with Gasteiger partial charge >= 0.3 is 5.97 Å². The van der Waals surface area contributed by atoms with Crippen molar-refractivity contribution in [2.24, 2.45) is 5.92 Å². The Balaban J connectivity index is 1.88. The summed E-state index contributed by atoms with van der Waals surface area (Å²) in [5, 5.41) is 23.4. The molecule has 0 bridgehead atoms. The average Bonchev–Trinajstić information content (AvgIpc) is 3.18. The van der Waals surface area contributed by atoms with E-state index in [4.69, 9.17) is 4.74 Å². The van der Waals surface area contributed by atoms with Gasteiger partial charge in [-0.2, -0.15) is 5.10 Å². The van der Waals surface area contributed by atoms with E-state index in [1.165, 1.54) is 6.07 Å². The van der Waals surface area contributed by atoms with Gasteiger partial charge in [-0.3, -0.25) is 24.8 Å². The number of nitro benzene ring substituents is 1. The van der Waals surface area contributed by atoms with E-state index in [9.17, 15) is 24.5 Å². The Labute approximate surface area is 185 Å². The lowest BCUT2D eigenvalue weighted by atomic mass is 10.1. The quantitative estimate of drug-likeness (QED) is 0.206. The number of nitro groups is 1. The van der Waals surface area contributed by atoms with Crippen LogP contribution in [0.1, 0.15) is 52.2 Å². The van der Waals surface area contributed by atoms with Crippen molar-refractivity contribution in [3.8, 4) is 0 Å². The van der Waals surface area contributed by atoms with Crippen LogP contribution in [0.3, 0.4) is 0 Å². The Morgan fingerprint density at radius 2 is 1.94 bits per heavy atom. The second-order valence-electron chi connectivity index (χ2n) is 7.27. The molecule has 1 heterocycles. The highest BCUT2D eigenvalue weighted by atomic mass is 16.6. The van der Waals surface area contributed by atoms with Crippen molar-refractivity contribution in [1.82, 2.24) is 20.8 Å². The molecular weight excluding hydrogens is 418 g/mol. The van der Waals surface area contributed by atoms with Gasteiger partial charge < -0.3 is 15.4 Å². The number of aromatic amines is 1. The molecular formula is C21H27N5O6. The van der Waals surface area contributed by atoms with Gasteiger partial charge in [0.25, 0.3) is 11.6 Å². The topological polar surface area (TPSA) is 156 Å². The normalized spacial score (nSPS) is 11.5. The third-order valence-electron chi connectivity index (χ3n) is 4.77. The van der Waals surface area contributed by atoms with Crippen LogP contribution in [-0.2, 0) is 16.0 Å². The van der Waals surface area contributed by atoms with Crippen molar-refractivity contribution >= 4 is 23.5 Å². The zero-order chi connectivity index (χ0) is 23.7. The van der Waals surface area contributed by atoms with Crippen LogP contribution in [0.15, 0.2) is 24.4 Å². The molecule has 0 aliphatic carbocycles. The molecule has 0 saturated carbocycles. The van der Waals surface area contributed by atoms with Gasteiger partial charge in [0.05, 0.1) is 29.2 Å². The fraction of sp³-hybridized carbons (Fsp3) is 0.429. The fourth-order valence-electron chi connectivity index (χ4n) is 2.91. The summed E-state index contributed by atoms with van der Waals surface area (Å²) in [6, 6.07) is 3.35. The molecule has 172 valence electrons. The van der Waals surface area contributed by atoms with Crippen LogP contribution in [0.5, 0.6) is 0 Å². The Hall–Kier alpha value is -3.76. The Morgan fingerprint density at radius 1 is 1.22 bits per heavy atom. The van der Waals surface area contributed by atoms with Crippen LogP contribution in [-0.4, -0.2) is 52.6 Å². The number of hydrogen-bond donors (Lipinski definition) is 3. The summed E-state index contributed by atoms with van der Waals surface area (Å²) in [6.45, 7) is 5.81. The monoisotopic (exact) mass is 445 g/mol. The summed E-state index contributed by atoms with van der Waals surface area (Å²) in [5.41, 5.74) is 1.54. The second-order valence-corrected chi connectivity index (χ2v) is 7.27. The Kier molecular flexibility index (Phi) is 8.87. The molecule has 0 aliphatic heterocycles. The first-order valence-electron chi connectivity index (χ1n) is 10.2. The van der Waals surface area contributed by atoms with Gasteiger partial charge in [0.1, 0.15) is 0 Å². The smallest absolute Gasteiger partial charge is 0.338 e. The predicted molar refractivity (Wildman–Crippen MR) is 115 cm³/mol. The molecule has 2 amide bonds. The number of hydrogen-bond acceptors (Lipinski definition) is 7. The lowest BCUT2D eigenvalue weighted by Gasteiger charge is -2.13. The number of non-ortho nitro benzene ring substituents is 1. The molecule has 1 aromatic carbocycles. The molecule has 2 aromatic rings.